The van der Waals surface area contributed by atoms with Gasteiger partial charge in [0.25, 0.3) is 5.91 Å². The number of anilines is 4. The zero-order valence-corrected chi connectivity index (χ0v) is 21.8. The number of rotatable bonds is 11. The van der Waals surface area contributed by atoms with Crippen molar-refractivity contribution in [2.24, 2.45) is 17.5 Å². The van der Waals surface area contributed by atoms with Gasteiger partial charge >= 0.3 is 6.10 Å². The maximum atomic E-state index is 12.6. The molecule has 1 aromatic carbocycles. The SMILES string of the molecule is COc1c(Nc2cc(NC(=O)C3CC3)nnc2C(=O)NC(O)(O)O)cccc1N(N)/C=C(\N)CN1CCOCC1. The van der Waals surface area contributed by atoms with Gasteiger partial charge in [-0.3, -0.25) is 24.8 Å². The Hall–Kier alpha value is -4.06. The summed E-state index contributed by atoms with van der Waals surface area (Å²) in [6.45, 7) is 3.27. The van der Waals surface area contributed by atoms with Gasteiger partial charge in [0.2, 0.25) is 5.91 Å². The number of amides is 2. The van der Waals surface area contributed by atoms with E-state index in [1.54, 1.807) is 29.7 Å². The number of aliphatic hydroxyl groups is 3. The first-order valence-electron chi connectivity index (χ1n) is 12.5. The lowest BCUT2D eigenvalue weighted by molar-refractivity contribution is -0.323. The standard InChI is InChI=1S/C24H33N9O7/c1-39-21-16(3-2-4-18(21)33(26)13-15(25)12-32-7-9-40-10-8-32)27-17-11-19(28-22(34)14-5-6-14)30-31-20(17)23(35)29-24(36,37)38/h2-4,11,13-14,36-38H,5-10,12,25-26H2,1H3,(H,29,35)(H2,27,28,30,34)/b15-13-. The lowest BCUT2D eigenvalue weighted by Gasteiger charge is -2.27. The van der Waals surface area contributed by atoms with Crippen molar-refractivity contribution >= 4 is 34.7 Å². The van der Waals surface area contributed by atoms with Crippen molar-refractivity contribution in [3.8, 4) is 5.75 Å². The van der Waals surface area contributed by atoms with Crippen molar-refractivity contribution in [1.82, 2.24) is 20.4 Å². The van der Waals surface area contributed by atoms with E-state index in [1.165, 1.54) is 18.2 Å². The van der Waals surface area contributed by atoms with E-state index >= 15 is 0 Å². The Morgan fingerprint density at radius 2 is 1.95 bits per heavy atom. The summed E-state index contributed by atoms with van der Waals surface area (Å²) in [5.74, 6) is 5.11. The predicted molar refractivity (Wildman–Crippen MR) is 143 cm³/mol. The molecular weight excluding hydrogens is 526 g/mol. The first kappa shape index (κ1) is 28.9. The molecule has 1 aliphatic heterocycles. The Morgan fingerprint density at radius 1 is 1.23 bits per heavy atom. The third-order valence-electron chi connectivity index (χ3n) is 6.05. The van der Waals surface area contributed by atoms with Crippen molar-refractivity contribution in [2.45, 2.75) is 18.9 Å². The van der Waals surface area contributed by atoms with E-state index in [0.717, 1.165) is 25.9 Å². The van der Waals surface area contributed by atoms with Crippen LogP contribution in [-0.4, -0.2) is 88.3 Å². The largest absolute Gasteiger partial charge is 0.492 e. The summed E-state index contributed by atoms with van der Waals surface area (Å²) in [6, 6.07) is 6.34. The van der Waals surface area contributed by atoms with Crippen LogP contribution in [0.25, 0.3) is 0 Å². The van der Waals surface area contributed by atoms with Crippen molar-refractivity contribution < 1.29 is 34.4 Å². The molecule has 40 heavy (non-hydrogen) atoms. The number of methoxy groups -OCH3 is 1. The van der Waals surface area contributed by atoms with E-state index in [1.807, 2.05) is 0 Å². The zero-order chi connectivity index (χ0) is 28.9. The summed E-state index contributed by atoms with van der Waals surface area (Å²) in [4.78, 5) is 27.0. The molecule has 0 atom stereocenters. The minimum absolute atomic E-state index is 0.00393. The number of carbonyl (C=O) groups excluding carboxylic acids is 2. The molecule has 1 saturated heterocycles. The molecule has 1 saturated carbocycles. The Kier molecular flexibility index (Phi) is 8.98. The van der Waals surface area contributed by atoms with Gasteiger partial charge in [0, 0.05) is 43.5 Å². The third-order valence-corrected chi connectivity index (χ3v) is 6.05. The summed E-state index contributed by atoms with van der Waals surface area (Å²) in [5, 5.41) is 43.8. The second-order valence-electron chi connectivity index (χ2n) is 9.33. The second kappa shape index (κ2) is 12.4. The maximum Gasteiger partial charge on any atom is 0.369 e. The van der Waals surface area contributed by atoms with Crippen LogP contribution in [0.5, 0.6) is 5.75 Å². The van der Waals surface area contributed by atoms with Gasteiger partial charge < -0.3 is 41.2 Å². The molecule has 4 rings (SSSR count). The van der Waals surface area contributed by atoms with E-state index in [9.17, 15) is 24.9 Å². The summed E-state index contributed by atoms with van der Waals surface area (Å²) in [7, 11) is 1.43. The van der Waals surface area contributed by atoms with Crippen LogP contribution >= 0.6 is 0 Å². The smallest absolute Gasteiger partial charge is 0.369 e. The van der Waals surface area contributed by atoms with Gasteiger partial charge in [0.05, 0.1) is 31.7 Å². The van der Waals surface area contributed by atoms with Crippen LogP contribution in [-0.2, 0) is 9.53 Å². The molecule has 2 aromatic rings. The van der Waals surface area contributed by atoms with Crippen molar-refractivity contribution in [3.63, 3.8) is 0 Å². The van der Waals surface area contributed by atoms with E-state index in [4.69, 9.17) is 21.1 Å². The average molecular weight is 560 g/mol. The van der Waals surface area contributed by atoms with Gasteiger partial charge in [-0.1, -0.05) is 6.07 Å². The van der Waals surface area contributed by atoms with Crippen LogP contribution in [0, 0.1) is 5.92 Å². The van der Waals surface area contributed by atoms with E-state index in [0.29, 0.717) is 36.8 Å². The Bertz CT molecular complexity index is 1260. The molecule has 0 unspecified atom stereocenters. The van der Waals surface area contributed by atoms with Crippen LogP contribution in [0.1, 0.15) is 23.3 Å². The second-order valence-corrected chi connectivity index (χ2v) is 9.33. The number of nitrogens with two attached hydrogens (primary N) is 2. The van der Waals surface area contributed by atoms with Crippen LogP contribution in [0.3, 0.4) is 0 Å². The predicted octanol–water partition coefficient (Wildman–Crippen LogP) is -1.29. The van der Waals surface area contributed by atoms with Crippen molar-refractivity contribution in [1.29, 1.82) is 0 Å². The Morgan fingerprint density at radius 3 is 2.60 bits per heavy atom. The summed E-state index contributed by atoms with van der Waals surface area (Å²) < 4.78 is 11.0. The van der Waals surface area contributed by atoms with E-state index in [-0.39, 0.29) is 29.1 Å². The molecule has 216 valence electrons. The molecular formula is C24H33N9O7. The molecule has 2 heterocycles. The lowest BCUT2D eigenvalue weighted by atomic mass is 10.2. The number of nitrogens with zero attached hydrogens (tertiary/aromatic N) is 4. The maximum absolute atomic E-state index is 12.6. The molecule has 1 aromatic heterocycles. The van der Waals surface area contributed by atoms with Crippen LogP contribution in [0.15, 0.2) is 36.2 Å². The molecule has 0 radical (unpaired) electrons. The lowest BCUT2D eigenvalue weighted by Crippen LogP contribution is -2.48. The first-order chi connectivity index (χ1) is 19.0. The topological polar surface area (TPSA) is 234 Å². The number of hydrogen-bond acceptors (Lipinski definition) is 14. The quantitative estimate of drug-likeness (QED) is 0.0909. The molecule has 2 fully saturated rings. The monoisotopic (exact) mass is 559 g/mol. The number of nitrogens with one attached hydrogen (secondary N) is 3. The van der Waals surface area contributed by atoms with Gasteiger partial charge in [-0.15, -0.1) is 10.2 Å². The van der Waals surface area contributed by atoms with Gasteiger partial charge in [0.1, 0.15) is 5.69 Å². The highest BCUT2D eigenvalue weighted by molar-refractivity contribution is 6.00. The van der Waals surface area contributed by atoms with Crippen LogP contribution < -0.4 is 37.3 Å². The van der Waals surface area contributed by atoms with Gasteiger partial charge in [0.15, 0.2) is 17.3 Å². The van der Waals surface area contributed by atoms with Crippen LogP contribution in [0.2, 0.25) is 0 Å². The van der Waals surface area contributed by atoms with Gasteiger partial charge in [-0.25, -0.2) is 5.84 Å². The number of carbonyl (C=O) groups is 2. The molecule has 2 aliphatic rings. The van der Waals surface area contributed by atoms with E-state index in [2.05, 4.69) is 25.7 Å². The fourth-order valence-electron chi connectivity index (χ4n) is 3.99. The molecule has 16 nitrogen and oxygen atoms in total. The van der Waals surface area contributed by atoms with Gasteiger partial charge in [-0.05, 0) is 25.0 Å². The first-order valence-corrected chi connectivity index (χ1v) is 12.5. The number of morpholine rings is 1. The molecule has 10 N–H and O–H groups in total. The highest BCUT2D eigenvalue weighted by Crippen LogP contribution is 2.37. The van der Waals surface area contributed by atoms with Crippen LogP contribution in [0.4, 0.5) is 22.9 Å². The number of para-hydroxylation sites is 1. The summed E-state index contributed by atoms with van der Waals surface area (Å²) in [6.07, 6.45) is -0.401. The number of aromatic nitrogens is 2. The third kappa shape index (κ3) is 7.75. The highest BCUT2D eigenvalue weighted by Gasteiger charge is 2.31. The van der Waals surface area contributed by atoms with E-state index < -0.39 is 17.7 Å². The molecule has 16 heteroatoms. The minimum atomic E-state index is -3.50. The summed E-state index contributed by atoms with van der Waals surface area (Å²) >= 11 is 0. The van der Waals surface area contributed by atoms with Crippen molar-refractivity contribution in [2.75, 3.05) is 55.6 Å². The van der Waals surface area contributed by atoms with Gasteiger partial charge in [-0.2, -0.15) is 0 Å². The minimum Gasteiger partial charge on any atom is -0.492 e. The number of ether oxygens (including phenoxy) is 2. The van der Waals surface area contributed by atoms with Crippen molar-refractivity contribution in [3.05, 3.63) is 41.9 Å². The molecule has 0 spiro atoms. The molecule has 1 aliphatic carbocycles. The highest BCUT2D eigenvalue weighted by atomic mass is 16.7. The fourth-order valence-corrected chi connectivity index (χ4v) is 3.99. The normalized spacial score (nSPS) is 16.3. The zero-order valence-electron chi connectivity index (χ0n) is 21.8. The number of hydrogen-bond donors (Lipinski definition) is 8. The average Bonchev–Trinajstić information content (AvgIpc) is 3.74. The number of hydrazine groups is 1. The Labute approximate surface area is 229 Å². The molecule has 0 bridgehead atoms. The number of benzene rings is 1. The summed E-state index contributed by atoms with van der Waals surface area (Å²) in [5.41, 5.74) is 7.08. The Balaban J connectivity index is 1.61. The fraction of sp³-hybridized carbons (Fsp3) is 0.417. The molecule has 2 amide bonds.